The highest BCUT2D eigenvalue weighted by molar-refractivity contribution is 5.92. The van der Waals surface area contributed by atoms with Crippen molar-refractivity contribution in [3.63, 3.8) is 0 Å². The predicted octanol–water partition coefficient (Wildman–Crippen LogP) is 3.43. The predicted molar refractivity (Wildman–Crippen MR) is 116 cm³/mol. The van der Waals surface area contributed by atoms with E-state index >= 15 is 0 Å². The molecule has 2 fully saturated rings. The van der Waals surface area contributed by atoms with E-state index in [1.807, 2.05) is 29.2 Å². The Morgan fingerprint density at radius 2 is 2.00 bits per heavy atom. The average Bonchev–Trinajstić information content (AvgIpc) is 3.08. The lowest BCUT2D eigenvalue weighted by molar-refractivity contribution is -0.133. The number of benzene rings is 2. The smallest absolute Gasteiger partial charge is 0.238 e. The summed E-state index contributed by atoms with van der Waals surface area (Å²) in [4.78, 5) is 29.6. The standard InChI is InChI=1S/C24H28FN3O3/c1-31-18-7-4-6-17(14-18)15-28-22-12-13-27(21(22)10-5-11-24(28)30)16-23(29)26-20-9-3-2-8-19(20)25/h2-4,6-9,14,21-22H,5,10-13,15-16H2,1H3,(H,26,29)/t21-,22-/m1/s1. The number of rotatable bonds is 6. The molecule has 2 aliphatic heterocycles. The highest BCUT2D eigenvalue weighted by Crippen LogP contribution is 2.32. The molecule has 0 radical (unpaired) electrons. The average molecular weight is 426 g/mol. The molecule has 0 unspecified atom stereocenters. The molecule has 2 heterocycles. The first-order valence-corrected chi connectivity index (χ1v) is 10.8. The monoisotopic (exact) mass is 425 g/mol. The molecule has 2 aliphatic rings. The van der Waals surface area contributed by atoms with Crippen molar-refractivity contribution in [2.24, 2.45) is 0 Å². The van der Waals surface area contributed by atoms with Crippen molar-refractivity contribution in [1.29, 1.82) is 0 Å². The summed E-state index contributed by atoms with van der Waals surface area (Å²) >= 11 is 0. The van der Waals surface area contributed by atoms with Crippen LogP contribution in [0.5, 0.6) is 5.75 Å². The maximum atomic E-state index is 13.9. The van der Waals surface area contributed by atoms with E-state index in [0.717, 1.165) is 37.1 Å². The van der Waals surface area contributed by atoms with E-state index in [9.17, 15) is 14.0 Å². The number of para-hydroxylation sites is 1. The zero-order valence-electron chi connectivity index (χ0n) is 17.7. The molecule has 0 saturated carbocycles. The van der Waals surface area contributed by atoms with Crippen LogP contribution in [0.3, 0.4) is 0 Å². The molecule has 0 spiro atoms. The number of methoxy groups -OCH3 is 1. The molecule has 1 N–H and O–H groups in total. The number of ether oxygens (including phenoxy) is 1. The molecular formula is C24H28FN3O3. The molecule has 0 bridgehead atoms. The number of anilines is 1. The number of hydrogen-bond donors (Lipinski definition) is 1. The van der Waals surface area contributed by atoms with Crippen LogP contribution in [0.2, 0.25) is 0 Å². The summed E-state index contributed by atoms with van der Waals surface area (Å²) in [7, 11) is 1.63. The lowest BCUT2D eigenvalue weighted by atomic mass is 10.0. The lowest BCUT2D eigenvalue weighted by Gasteiger charge is -2.33. The fourth-order valence-electron chi connectivity index (χ4n) is 4.74. The molecule has 7 heteroatoms. The van der Waals surface area contributed by atoms with Gasteiger partial charge in [0, 0.05) is 31.6 Å². The van der Waals surface area contributed by atoms with Crippen LogP contribution in [0.15, 0.2) is 48.5 Å². The molecule has 6 nitrogen and oxygen atoms in total. The zero-order chi connectivity index (χ0) is 21.8. The summed E-state index contributed by atoms with van der Waals surface area (Å²) in [5.41, 5.74) is 1.23. The summed E-state index contributed by atoms with van der Waals surface area (Å²) < 4.78 is 19.2. The minimum Gasteiger partial charge on any atom is -0.497 e. The number of halogens is 1. The Kier molecular flexibility index (Phi) is 6.51. The SMILES string of the molecule is COc1cccc(CN2C(=O)CCC[C@@H]3[C@H]2CCN3CC(=O)Nc2ccccc2F)c1. The van der Waals surface area contributed by atoms with E-state index in [2.05, 4.69) is 10.2 Å². The Morgan fingerprint density at radius 3 is 2.81 bits per heavy atom. The van der Waals surface area contributed by atoms with Gasteiger partial charge in [-0.2, -0.15) is 0 Å². The van der Waals surface area contributed by atoms with Gasteiger partial charge in [0.25, 0.3) is 0 Å². The Labute approximate surface area is 182 Å². The highest BCUT2D eigenvalue weighted by Gasteiger charge is 2.41. The van der Waals surface area contributed by atoms with Gasteiger partial charge in [0.05, 0.1) is 19.3 Å². The first-order chi connectivity index (χ1) is 15.0. The first kappa shape index (κ1) is 21.3. The number of nitrogens with one attached hydrogen (secondary N) is 1. The maximum Gasteiger partial charge on any atom is 0.238 e. The molecule has 2 amide bonds. The molecule has 2 saturated heterocycles. The number of amides is 2. The molecule has 164 valence electrons. The molecule has 31 heavy (non-hydrogen) atoms. The lowest BCUT2D eigenvalue weighted by Crippen LogP contribution is -2.47. The summed E-state index contributed by atoms with van der Waals surface area (Å²) in [6.45, 7) is 1.46. The van der Waals surface area contributed by atoms with Gasteiger partial charge in [-0.1, -0.05) is 24.3 Å². The normalized spacial score (nSPS) is 21.5. The zero-order valence-corrected chi connectivity index (χ0v) is 17.7. The summed E-state index contributed by atoms with van der Waals surface area (Å²) in [6, 6.07) is 14.2. The van der Waals surface area contributed by atoms with Crippen molar-refractivity contribution < 1.29 is 18.7 Å². The van der Waals surface area contributed by atoms with Crippen molar-refractivity contribution in [3.05, 3.63) is 59.9 Å². The first-order valence-electron chi connectivity index (χ1n) is 10.8. The van der Waals surface area contributed by atoms with Crippen LogP contribution in [0.4, 0.5) is 10.1 Å². The van der Waals surface area contributed by atoms with E-state index in [-0.39, 0.29) is 36.1 Å². The van der Waals surface area contributed by atoms with Gasteiger partial charge in [-0.15, -0.1) is 0 Å². The summed E-state index contributed by atoms with van der Waals surface area (Å²) in [6.07, 6.45) is 3.03. The van der Waals surface area contributed by atoms with Gasteiger partial charge in [-0.05, 0) is 49.1 Å². The number of carbonyl (C=O) groups excluding carboxylic acids is 2. The third-order valence-electron chi connectivity index (χ3n) is 6.22. The molecule has 0 aromatic heterocycles. The van der Waals surface area contributed by atoms with Crippen LogP contribution >= 0.6 is 0 Å². The minimum absolute atomic E-state index is 0.0717. The molecule has 2 aromatic rings. The van der Waals surface area contributed by atoms with Crippen LogP contribution in [-0.2, 0) is 16.1 Å². The quantitative estimate of drug-likeness (QED) is 0.770. The van der Waals surface area contributed by atoms with Crippen LogP contribution in [0.1, 0.15) is 31.2 Å². The largest absolute Gasteiger partial charge is 0.497 e. The highest BCUT2D eigenvalue weighted by atomic mass is 19.1. The summed E-state index contributed by atoms with van der Waals surface area (Å²) in [5, 5.41) is 2.67. The molecular weight excluding hydrogens is 397 g/mol. The molecule has 2 aromatic carbocycles. The van der Waals surface area contributed by atoms with Crippen molar-refractivity contribution in [3.8, 4) is 5.75 Å². The van der Waals surface area contributed by atoms with Crippen LogP contribution < -0.4 is 10.1 Å². The van der Waals surface area contributed by atoms with Crippen LogP contribution in [-0.4, -0.2) is 53.9 Å². The number of likely N-dealkylation sites (tertiary alicyclic amines) is 2. The topological polar surface area (TPSA) is 61.9 Å². The van der Waals surface area contributed by atoms with E-state index < -0.39 is 5.82 Å². The minimum atomic E-state index is -0.445. The third-order valence-corrected chi connectivity index (χ3v) is 6.22. The number of carbonyl (C=O) groups is 2. The van der Waals surface area contributed by atoms with Gasteiger partial charge < -0.3 is 15.0 Å². The maximum absolute atomic E-state index is 13.9. The fourth-order valence-corrected chi connectivity index (χ4v) is 4.74. The molecule has 0 aliphatic carbocycles. The van der Waals surface area contributed by atoms with Crippen LogP contribution in [0, 0.1) is 5.82 Å². The van der Waals surface area contributed by atoms with E-state index in [4.69, 9.17) is 4.74 Å². The van der Waals surface area contributed by atoms with Crippen molar-refractivity contribution in [2.75, 3.05) is 25.5 Å². The van der Waals surface area contributed by atoms with Gasteiger partial charge >= 0.3 is 0 Å². The number of hydrogen-bond acceptors (Lipinski definition) is 4. The van der Waals surface area contributed by atoms with Crippen LogP contribution in [0.25, 0.3) is 0 Å². The Bertz CT molecular complexity index is 951. The second-order valence-electron chi connectivity index (χ2n) is 8.19. The Morgan fingerprint density at radius 1 is 1.16 bits per heavy atom. The van der Waals surface area contributed by atoms with E-state index in [1.165, 1.54) is 6.07 Å². The van der Waals surface area contributed by atoms with Crippen molar-refractivity contribution in [1.82, 2.24) is 9.80 Å². The Hall–Kier alpha value is -2.93. The number of fused-ring (bicyclic) bond motifs is 1. The van der Waals surface area contributed by atoms with E-state index in [1.54, 1.807) is 25.3 Å². The second kappa shape index (κ2) is 9.47. The van der Waals surface area contributed by atoms with Gasteiger partial charge in [0.2, 0.25) is 11.8 Å². The van der Waals surface area contributed by atoms with Crippen molar-refractivity contribution >= 4 is 17.5 Å². The Balaban J connectivity index is 1.45. The van der Waals surface area contributed by atoms with Crippen molar-refractivity contribution in [2.45, 2.75) is 44.3 Å². The van der Waals surface area contributed by atoms with Gasteiger partial charge in [-0.25, -0.2) is 4.39 Å². The molecule has 4 rings (SSSR count). The van der Waals surface area contributed by atoms with Gasteiger partial charge in [0.15, 0.2) is 0 Å². The number of nitrogens with zero attached hydrogens (tertiary/aromatic N) is 2. The van der Waals surface area contributed by atoms with E-state index in [0.29, 0.717) is 13.0 Å². The third kappa shape index (κ3) is 4.88. The summed E-state index contributed by atoms with van der Waals surface area (Å²) in [5.74, 6) is 0.252. The molecule has 2 atom stereocenters. The fraction of sp³-hybridized carbons (Fsp3) is 0.417. The van der Waals surface area contributed by atoms with Gasteiger partial charge in [0.1, 0.15) is 11.6 Å². The second-order valence-corrected chi connectivity index (χ2v) is 8.19. The van der Waals surface area contributed by atoms with Gasteiger partial charge in [-0.3, -0.25) is 14.5 Å².